The van der Waals surface area contributed by atoms with Crippen LogP contribution >= 0.6 is 11.6 Å². The lowest BCUT2D eigenvalue weighted by Crippen LogP contribution is -2.02. The van der Waals surface area contributed by atoms with Gasteiger partial charge in [0.05, 0.1) is 0 Å². The first kappa shape index (κ1) is 11.6. The number of pyridine rings is 1. The van der Waals surface area contributed by atoms with E-state index < -0.39 is 0 Å². The Kier molecular flexibility index (Phi) is 3.11. The van der Waals surface area contributed by atoms with E-state index in [0.717, 1.165) is 11.1 Å². The summed E-state index contributed by atoms with van der Waals surface area (Å²) >= 11 is 5.84. The lowest BCUT2D eigenvalue weighted by atomic mass is 10.0. The lowest BCUT2D eigenvalue weighted by molar-refractivity contribution is 1.31. The number of nitrogens with zero attached hydrogens (tertiary/aromatic N) is 1. The Balaban J connectivity index is 2.50. The van der Waals surface area contributed by atoms with E-state index >= 15 is 0 Å². The molecule has 0 atom stereocenters. The predicted molar refractivity (Wildman–Crippen MR) is 71.6 cm³/mol. The van der Waals surface area contributed by atoms with Crippen LogP contribution in [-0.4, -0.2) is 10.7 Å². The molecular weight excluding hydrogens is 234 g/mol. The van der Waals surface area contributed by atoms with Crippen LogP contribution in [-0.2, 0) is 0 Å². The second-order valence-electron chi connectivity index (χ2n) is 3.79. The molecule has 0 saturated heterocycles. The summed E-state index contributed by atoms with van der Waals surface area (Å²) in [6.45, 7) is 1.69. The van der Waals surface area contributed by atoms with Gasteiger partial charge in [-0.1, -0.05) is 23.7 Å². The Morgan fingerprint density at radius 1 is 1.24 bits per heavy atom. The Hall–Kier alpha value is -1.87. The van der Waals surface area contributed by atoms with Gasteiger partial charge in [0, 0.05) is 28.1 Å². The molecule has 0 aliphatic carbocycles. The van der Waals surface area contributed by atoms with Crippen molar-refractivity contribution in [2.75, 3.05) is 5.73 Å². The summed E-state index contributed by atoms with van der Waals surface area (Å²) in [6, 6.07) is 9.35. The van der Waals surface area contributed by atoms with Crippen molar-refractivity contribution in [2.24, 2.45) is 0 Å². The summed E-state index contributed by atoms with van der Waals surface area (Å²) in [5, 5.41) is 8.32. The second kappa shape index (κ2) is 4.55. The molecule has 86 valence electrons. The van der Waals surface area contributed by atoms with Crippen LogP contribution in [0.3, 0.4) is 0 Å². The van der Waals surface area contributed by atoms with Gasteiger partial charge in [-0.25, -0.2) is 4.98 Å². The number of anilines is 1. The highest BCUT2D eigenvalue weighted by atomic mass is 35.5. The first-order valence-corrected chi connectivity index (χ1v) is 5.52. The van der Waals surface area contributed by atoms with Crippen molar-refractivity contribution in [3.05, 3.63) is 47.1 Å². The summed E-state index contributed by atoms with van der Waals surface area (Å²) in [4.78, 5) is 4.10. The molecule has 3 nitrogen and oxygen atoms in total. The molecule has 0 aliphatic heterocycles. The quantitative estimate of drug-likeness (QED) is 0.797. The highest BCUT2D eigenvalue weighted by Gasteiger charge is 2.06. The zero-order valence-corrected chi connectivity index (χ0v) is 10.1. The largest absolute Gasteiger partial charge is 0.383 e. The van der Waals surface area contributed by atoms with Crippen molar-refractivity contribution in [3.8, 4) is 11.1 Å². The monoisotopic (exact) mass is 245 g/mol. The number of nitrogen functional groups attached to an aromatic ring is 1. The molecular formula is C13H12ClN3. The third-order valence-electron chi connectivity index (χ3n) is 2.50. The minimum atomic E-state index is 0.384. The minimum Gasteiger partial charge on any atom is -0.383 e. The number of hydrogen-bond donors (Lipinski definition) is 2. The summed E-state index contributed by atoms with van der Waals surface area (Å²) in [7, 11) is 0. The number of halogens is 1. The molecule has 0 saturated carbocycles. The van der Waals surface area contributed by atoms with Gasteiger partial charge in [0.1, 0.15) is 5.82 Å². The minimum absolute atomic E-state index is 0.384. The summed E-state index contributed by atoms with van der Waals surface area (Å²) < 4.78 is 0. The van der Waals surface area contributed by atoms with Gasteiger partial charge >= 0.3 is 0 Å². The van der Waals surface area contributed by atoms with Crippen molar-refractivity contribution in [1.29, 1.82) is 5.41 Å². The number of nitrogens with two attached hydrogens (primary N) is 1. The number of nitrogens with one attached hydrogen (secondary N) is 1. The van der Waals surface area contributed by atoms with E-state index in [1.165, 1.54) is 0 Å². The Bertz CT molecular complexity index is 561. The molecule has 4 heteroatoms. The van der Waals surface area contributed by atoms with Crippen molar-refractivity contribution in [3.63, 3.8) is 0 Å². The van der Waals surface area contributed by atoms with E-state index in [0.29, 0.717) is 22.1 Å². The second-order valence-corrected chi connectivity index (χ2v) is 4.23. The standard InChI is InChI=1S/C13H12ClN3/c1-8(15)12-6-10(7-17-13(12)16)9-2-4-11(14)5-3-9/h2-7,15H,1H3,(H2,16,17). The van der Waals surface area contributed by atoms with Gasteiger partial charge in [0.25, 0.3) is 0 Å². The highest BCUT2D eigenvalue weighted by molar-refractivity contribution is 6.30. The van der Waals surface area contributed by atoms with Gasteiger partial charge in [-0.3, -0.25) is 0 Å². The molecule has 0 aliphatic rings. The number of benzene rings is 1. The van der Waals surface area contributed by atoms with E-state index in [2.05, 4.69) is 4.98 Å². The molecule has 0 fully saturated rings. The van der Waals surface area contributed by atoms with E-state index in [9.17, 15) is 0 Å². The normalized spacial score (nSPS) is 10.2. The molecule has 0 amide bonds. The maximum Gasteiger partial charge on any atom is 0.132 e. The molecule has 2 rings (SSSR count). The third-order valence-corrected chi connectivity index (χ3v) is 2.75. The molecule has 0 radical (unpaired) electrons. The SMILES string of the molecule is CC(=N)c1cc(-c2ccc(Cl)cc2)cnc1N. The van der Waals surface area contributed by atoms with Crippen LogP contribution in [0.1, 0.15) is 12.5 Å². The first-order chi connectivity index (χ1) is 8.08. The fourth-order valence-corrected chi connectivity index (χ4v) is 1.70. The van der Waals surface area contributed by atoms with Crippen LogP contribution in [0.25, 0.3) is 11.1 Å². The van der Waals surface area contributed by atoms with E-state index in [1.54, 1.807) is 13.1 Å². The lowest BCUT2D eigenvalue weighted by Gasteiger charge is -2.07. The molecule has 1 heterocycles. The Morgan fingerprint density at radius 3 is 2.47 bits per heavy atom. The van der Waals surface area contributed by atoms with Gasteiger partial charge in [0.15, 0.2) is 0 Å². The average Bonchev–Trinajstić information content (AvgIpc) is 2.30. The van der Waals surface area contributed by atoms with Crippen LogP contribution in [0.15, 0.2) is 36.5 Å². The molecule has 3 N–H and O–H groups in total. The summed E-state index contributed by atoms with van der Waals surface area (Å²) in [6.07, 6.45) is 1.70. The van der Waals surface area contributed by atoms with Crippen LogP contribution < -0.4 is 5.73 Å². The van der Waals surface area contributed by atoms with Crippen molar-refractivity contribution in [1.82, 2.24) is 4.98 Å². The molecule has 1 aromatic heterocycles. The van der Waals surface area contributed by atoms with Crippen molar-refractivity contribution in [2.45, 2.75) is 6.92 Å². The van der Waals surface area contributed by atoms with E-state index in [1.807, 2.05) is 30.3 Å². The maximum absolute atomic E-state index is 7.63. The van der Waals surface area contributed by atoms with E-state index in [-0.39, 0.29) is 0 Å². The highest BCUT2D eigenvalue weighted by Crippen LogP contribution is 2.23. The molecule has 0 spiro atoms. The summed E-state index contributed by atoms with van der Waals surface area (Å²) in [5.74, 6) is 0.384. The van der Waals surface area contributed by atoms with Crippen LogP contribution in [0, 0.1) is 5.41 Å². The molecule has 2 aromatic rings. The fourth-order valence-electron chi connectivity index (χ4n) is 1.58. The first-order valence-electron chi connectivity index (χ1n) is 5.15. The van der Waals surface area contributed by atoms with E-state index in [4.69, 9.17) is 22.7 Å². The van der Waals surface area contributed by atoms with Gasteiger partial charge in [0.2, 0.25) is 0 Å². The van der Waals surface area contributed by atoms with Crippen molar-refractivity contribution >= 4 is 23.1 Å². The predicted octanol–water partition coefficient (Wildman–Crippen LogP) is 3.37. The Morgan fingerprint density at radius 2 is 1.88 bits per heavy atom. The van der Waals surface area contributed by atoms with Gasteiger partial charge in [-0.15, -0.1) is 0 Å². The summed E-state index contributed by atoms with van der Waals surface area (Å²) in [5.41, 5.74) is 8.72. The number of aromatic nitrogens is 1. The zero-order valence-electron chi connectivity index (χ0n) is 9.37. The van der Waals surface area contributed by atoms with Crippen LogP contribution in [0.5, 0.6) is 0 Å². The molecule has 0 unspecified atom stereocenters. The fraction of sp³-hybridized carbons (Fsp3) is 0.0769. The molecule has 0 bridgehead atoms. The number of rotatable bonds is 2. The van der Waals surface area contributed by atoms with Crippen LogP contribution in [0.4, 0.5) is 5.82 Å². The average molecular weight is 246 g/mol. The van der Waals surface area contributed by atoms with Gasteiger partial charge in [-0.2, -0.15) is 0 Å². The topological polar surface area (TPSA) is 62.8 Å². The van der Waals surface area contributed by atoms with Gasteiger partial charge in [-0.05, 0) is 30.7 Å². The maximum atomic E-state index is 7.63. The van der Waals surface area contributed by atoms with Crippen LogP contribution in [0.2, 0.25) is 5.02 Å². The number of hydrogen-bond acceptors (Lipinski definition) is 3. The third kappa shape index (κ3) is 2.45. The molecule has 17 heavy (non-hydrogen) atoms. The Labute approximate surface area is 105 Å². The molecule has 1 aromatic carbocycles. The van der Waals surface area contributed by atoms with Gasteiger partial charge < -0.3 is 11.1 Å². The smallest absolute Gasteiger partial charge is 0.132 e. The zero-order chi connectivity index (χ0) is 12.4. The van der Waals surface area contributed by atoms with Crippen molar-refractivity contribution < 1.29 is 0 Å².